The van der Waals surface area contributed by atoms with Gasteiger partial charge in [0, 0.05) is 42.7 Å². The van der Waals surface area contributed by atoms with Crippen molar-refractivity contribution in [2.24, 2.45) is 0 Å². The highest BCUT2D eigenvalue weighted by Crippen LogP contribution is 2.40. The van der Waals surface area contributed by atoms with Gasteiger partial charge in [-0.15, -0.1) is 11.3 Å². The Bertz CT molecular complexity index is 1520. The van der Waals surface area contributed by atoms with E-state index in [1.165, 1.54) is 17.5 Å². The average Bonchev–Trinajstić information content (AvgIpc) is 3.12. The first-order chi connectivity index (χ1) is 16.4. The monoisotopic (exact) mass is 495 g/mol. The zero-order valence-corrected chi connectivity index (χ0v) is 19.8. The van der Waals surface area contributed by atoms with Gasteiger partial charge in [-0.2, -0.15) is 4.98 Å². The number of likely N-dealkylation sites (N-methyl/N-ethyl adjacent to an activating group) is 1. The topological polar surface area (TPSA) is 122 Å². The molecule has 3 aromatic heterocycles. The molecular formula is C22H18ClN7O3S. The smallest absolute Gasteiger partial charge is 0.263 e. The Morgan fingerprint density at radius 1 is 1.24 bits per heavy atom. The highest BCUT2D eigenvalue weighted by molar-refractivity contribution is 7.21. The minimum atomic E-state index is -0.233. The molecule has 0 radical (unpaired) electrons. The van der Waals surface area contributed by atoms with Crippen LogP contribution >= 0.6 is 22.9 Å². The lowest BCUT2D eigenvalue weighted by molar-refractivity contribution is 0.0774. The van der Waals surface area contributed by atoms with Crippen molar-refractivity contribution in [1.29, 1.82) is 0 Å². The Hall–Kier alpha value is -3.57. The van der Waals surface area contributed by atoms with E-state index < -0.39 is 0 Å². The summed E-state index contributed by atoms with van der Waals surface area (Å²) in [6, 6.07) is 3.75. The van der Waals surface area contributed by atoms with Crippen LogP contribution in [0.15, 0.2) is 18.3 Å². The van der Waals surface area contributed by atoms with Gasteiger partial charge in [-0.1, -0.05) is 0 Å². The molecule has 6 rings (SSSR count). The lowest BCUT2D eigenvalue weighted by atomic mass is 10.1. The minimum Gasteiger partial charge on any atom is -0.418 e. The molecule has 172 valence electrons. The first kappa shape index (κ1) is 21.0. The molecule has 34 heavy (non-hydrogen) atoms. The van der Waals surface area contributed by atoms with Crippen molar-refractivity contribution in [3.63, 3.8) is 0 Å². The average molecular weight is 496 g/mol. The Labute approximate surface area is 202 Å². The third-order valence-corrected chi connectivity index (χ3v) is 7.20. The summed E-state index contributed by atoms with van der Waals surface area (Å²) >= 11 is 7.50. The summed E-state index contributed by atoms with van der Waals surface area (Å²) in [6.07, 6.45) is 2.03. The highest BCUT2D eigenvalue weighted by atomic mass is 35.5. The third-order valence-electron chi connectivity index (χ3n) is 5.88. The Balaban J connectivity index is 1.44. The number of carbonyl (C=O) groups excluding carboxylic acids is 2. The maximum atomic E-state index is 12.7. The van der Waals surface area contributed by atoms with E-state index in [1.54, 1.807) is 11.9 Å². The number of halogens is 1. The Morgan fingerprint density at radius 3 is 2.94 bits per heavy atom. The molecule has 0 aliphatic carbocycles. The van der Waals surface area contributed by atoms with Gasteiger partial charge >= 0.3 is 0 Å². The van der Waals surface area contributed by atoms with Crippen molar-refractivity contribution in [3.8, 4) is 11.8 Å². The number of rotatable bonds is 2. The van der Waals surface area contributed by atoms with Crippen molar-refractivity contribution in [2.45, 2.75) is 19.4 Å². The summed E-state index contributed by atoms with van der Waals surface area (Å²) in [5, 5.41) is 7.21. The summed E-state index contributed by atoms with van der Waals surface area (Å²) in [4.78, 5) is 45.1. The molecule has 2 amide bonds. The highest BCUT2D eigenvalue weighted by Gasteiger charge is 2.30. The van der Waals surface area contributed by atoms with E-state index in [2.05, 4.69) is 30.6 Å². The summed E-state index contributed by atoms with van der Waals surface area (Å²) < 4.78 is 6.84. The minimum absolute atomic E-state index is 0.00102. The van der Waals surface area contributed by atoms with Gasteiger partial charge in [0.1, 0.15) is 10.4 Å². The normalized spacial score (nSPS) is 17.7. The van der Waals surface area contributed by atoms with Crippen molar-refractivity contribution < 1.29 is 14.3 Å². The zero-order valence-electron chi connectivity index (χ0n) is 18.2. The van der Waals surface area contributed by atoms with Crippen LogP contribution in [-0.4, -0.2) is 62.8 Å². The summed E-state index contributed by atoms with van der Waals surface area (Å²) in [7, 11) is 1.71. The second kappa shape index (κ2) is 7.74. The molecule has 0 saturated carbocycles. The Morgan fingerprint density at radius 2 is 2.09 bits per heavy atom. The number of fused-ring (bicyclic) bond motifs is 6. The maximum absolute atomic E-state index is 12.7. The summed E-state index contributed by atoms with van der Waals surface area (Å²) in [6.45, 7) is 3.10. The van der Waals surface area contributed by atoms with Crippen molar-refractivity contribution >= 4 is 61.6 Å². The van der Waals surface area contributed by atoms with Crippen LogP contribution in [-0.2, 0) is 6.42 Å². The fourth-order valence-corrected chi connectivity index (χ4v) is 5.48. The van der Waals surface area contributed by atoms with Gasteiger partial charge in [-0.3, -0.25) is 9.59 Å². The van der Waals surface area contributed by atoms with E-state index in [1.807, 2.05) is 19.1 Å². The number of amides is 2. The molecule has 1 aromatic carbocycles. The fraction of sp³-hybridized carbons (Fsp3) is 0.273. The molecule has 2 aliphatic heterocycles. The lowest BCUT2D eigenvalue weighted by Crippen LogP contribution is -2.35. The SMILES string of the molecule is C[C@@H]1CNc2c(sc3ccc4nc(Oc5nc(Cl)nc6c5C(=O)N(C)CC6)cnc4c23)C(=O)N1. The van der Waals surface area contributed by atoms with Crippen molar-refractivity contribution in [2.75, 3.05) is 25.5 Å². The second-order valence-electron chi connectivity index (χ2n) is 8.27. The maximum Gasteiger partial charge on any atom is 0.263 e. The predicted octanol–water partition coefficient (Wildman–Crippen LogP) is 3.25. The van der Waals surface area contributed by atoms with E-state index >= 15 is 0 Å². The molecular weight excluding hydrogens is 478 g/mol. The molecule has 0 saturated heterocycles. The van der Waals surface area contributed by atoms with Crippen LogP contribution in [0.25, 0.3) is 21.1 Å². The van der Waals surface area contributed by atoms with Gasteiger partial charge < -0.3 is 20.3 Å². The van der Waals surface area contributed by atoms with Gasteiger partial charge in [0.15, 0.2) is 0 Å². The van der Waals surface area contributed by atoms with Crippen molar-refractivity contribution in [3.05, 3.63) is 39.7 Å². The first-order valence-electron chi connectivity index (χ1n) is 10.7. The quantitative estimate of drug-likeness (QED) is 0.406. The lowest BCUT2D eigenvalue weighted by Gasteiger charge is -2.24. The zero-order chi connectivity index (χ0) is 23.6. The number of anilines is 1. The van der Waals surface area contributed by atoms with Crippen molar-refractivity contribution in [1.82, 2.24) is 30.2 Å². The number of hydrogen-bond acceptors (Lipinski definition) is 9. The van der Waals surface area contributed by atoms with E-state index in [0.29, 0.717) is 41.1 Å². The van der Waals surface area contributed by atoms with Crippen LogP contribution in [0.3, 0.4) is 0 Å². The van der Waals surface area contributed by atoms with Crippen LogP contribution in [0.2, 0.25) is 5.28 Å². The summed E-state index contributed by atoms with van der Waals surface area (Å²) in [5.41, 5.74) is 2.83. The molecule has 0 fully saturated rings. The van der Waals surface area contributed by atoms with Crippen LogP contribution in [0.5, 0.6) is 11.8 Å². The van der Waals surface area contributed by atoms with E-state index in [0.717, 1.165) is 15.8 Å². The van der Waals surface area contributed by atoms with Gasteiger partial charge in [-0.05, 0) is 30.7 Å². The van der Waals surface area contributed by atoms with Gasteiger partial charge in [0.05, 0.1) is 28.6 Å². The molecule has 0 bridgehead atoms. The number of nitrogens with one attached hydrogen (secondary N) is 2. The molecule has 2 aliphatic rings. The standard InChI is InChI=1S/C22H18ClN7O3S/c1-9-7-24-17-15-12(34-18(17)19(31)26-9)4-3-11-16(15)25-8-13(27-11)33-20-14-10(28-22(23)29-20)5-6-30(2)21(14)32/h3-4,8-9,24H,5-7H2,1-2H3,(H,26,31)/t9-/m1/s1. The molecule has 0 spiro atoms. The molecule has 10 nitrogen and oxygen atoms in total. The number of thiophene rings is 1. The largest absolute Gasteiger partial charge is 0.418 e. The molecule has 2 N–H and O–H groups in total. The molecule has 4 aromatic rings. The third kappa shape index (κ3) is 3.31. The van der Waals surface area contributed by atoms with Crippen LogP contribution in [0.1, 0.15) is 32.6 Å². The predicted molar refractivity (Wildman–Crippen MR) is 128 cm³/mol. The van der Waals surface area contributed by atoms with Gasteiger partial charge in [0.25, 0.3) is 11.8 Å². The molecule has 0 unspecified atom stereocenters. The first-order valence-corrected chi connectivity index (χ1v) is 11.8. The number of carbonyl (C=O) groups is 2. The molecule has 1 atom stereocenters. The molecule has 5 heterocycles. The van der Waals surface area contributed by atoms with Gasteiger partial charge in [0.2, 0.25) is 17.0 Å². The van der Waals surface area contributed by atoms with Crippen LogP contribution in [0, 0.1) is 0 Å². The number of nitrogens with zero attached hydrogens (tertiary/aromatic N) is 5. The second-order valence-corrected chi connectivity index (χ2v) is 9.66. The number of aromatic nitrogens is 4. The van der Waals surface area contributed by atoms with Gasteiger partial charge in [-0.25, -0.2) is 15.0 Å². The van der Waals surface area contributed by atoms with E-state index in [4.69, 9.17) is 16.3 Å². The number of ether oxygens (including phenoxy) is 1. The van der Waals surface area contributed by atoms with E-state index in [9.17, 15) is 9.59 Å². The number of hydrogen-bond donors (Lipinski definition) is 2. The van der Waals surface area contributed by atoms with Crippen LogP contribution in [0.4, 0.5) is 5.69 Å². The van der Waals surface area contributed by atoms with Crippen LogP contribution < -0.4 is 15.4 Å². The fourth-order valence-electron chi connectivity index (χ4n) is 4.21. The number of benzene rings is 1. The molecule has 12 heteroatoms. The Kier molecular flexibility index (Phi) is 4.78. The van der Waals surface area contributed by atoms with E-state index in [-0.39, 0.29) is 40.5 Å². The summed E-state index contributed by atoms with van der Waals surface area (Å²) in [5.74, 6) is -0.110.